The third kappa shape index (κ3) is 3.48. The number of nitrogens with zero attached hydrogens (tertiary/aromatic N) is 2. The van der Waals surface area contributed by atoms with Gasteiger partial charge in [0.05, 0.1) is 5.56 Å². The molecule has 0 amide bonds. The second-order valence-electron chi connectivity index (χ2n) is 5.40. The molecule has 122 valence electrons. The molecule has 0 saturated heterocycles. The van der Waals surface area contributed by atoms with Gasteiger partial charge in [-0.15, -0.1) is 0 Å². The van der Waals surface area contributed by atoms with Crippen LogP contribution in [0.15, 0.2) is 54.9 Å². The van der Waals surface area contributed by atoms with Gasteiger partial charge in [0.1, 0.15) is 5.82 Å². The molecule has 3 aromatic rings. The average molecular weight is 328 g/mol. The van der Waals surface area contributed by atoms with Crippen molar-refractivity contribution in [2.24, 2.45) is 0 Å². The summed E-state index contributed by atoms with van der Waals surface area (Å²) in [6.07, 6.45) is 3.80. The van der Waals surface area contributed by atoms with E-state index >= 15 is 0 Å². The van der Waals surface area contributed by atoms with Crippen molar-refractivity contribution in [3.63, 3.8) is 0 Å². The molecule has 1 N–H and O–H groups in total. The molecule has 4 nitrogen and oxygen atoms in total. The van der Waals surface area contributed by atoms with Gasteiger partial charge in [0.2, 0.25) is 0 Å². The number of carbonyl (C=O) groups is 1. The number of hydrogen-bond donors (Lipinski definition) is 1. The summed E-state index contributed by atoms with van der Waals surface area (Å²) in [6, 6.07) is 10.4. The number of aromatic nitrogens is 2. The Labute approximate surface area is 137 Å². The largest absolute Gasteiger partial charge is 0.478 e. The lowest BCUT2D eigenvalue weighted by Gasteiger charge is -2.09. The Balaban J connectivity index is 1.77. The minimum Gasteiger partial charge on any atom is -0.478 e. The molecule has 1 heterocycles. The van der Waals surface area contributed by atoms with Gasteiger partial charge in [0.25, 0.3) is 0 Å². The number of rotatable bonds is 5. The molecule has 2 aromatic carbocycles. The maximum absolute atomic E-state index is 13.3. The fourth-order valence-corrected chi connectivity index (χ4v) is 2.43. The predicted octanol–water partition coefficient (Wildman–Crippen LogP) is 3.50. The number of imidazole rings is 1. The summed E-state index contributed by atoms with van der Waals surface area (Å²) in [5.41, 5.74) is 1.78. The highest BCUT2D eigenvalue weighted by molar-refractivity contribution is 5.87. The Hall–Kier alpha value is -3.02. The first kappa shape index (κ1) is 15.9. The van der Waals surface area contributed by atoms with Gasteiger partial charge in [-0.2, -0.15) is 0 Å². The van der Waals surface area contributed by atoms with Crippen LogP contribution in [0.1, 0.15) is 27.3 Å². The van der Waals surface area contributed by atoms with Crippen LogP contribution in [0.4, 0.5) is 8.78 Å². The third-order valence-corrected chi connectivity index (χ3v) is 3.70. The Bertz CT molecular complexity index is 873. The van der Waals surface area contributed by atoms with E-state index in [1.807, 2.05) is 4.57 Å². The zero-order valence-electron chi connectivity index (χ0n) is 12.6. The molecule has 24 heavy (non-hydrogen) atoms. The van der Waals surface area contributed by atoms with Crippen LogP contribution in [-0.4, -0.2) is 20.6 Å². The van der Waals surface area contributed by atoms with Gasteiger partial charge in [-0.1, -0.05) is 18.2 Å². The van der Waals surface area contributed by atoms with Crippen LogP contribution in [0.25, 0.3) is 0 Å². The van der Waals surface area contributed by atoms with Crippen molar-refractivity contribution in [3.8, 4) is 0 Å². The van der Waals surface area contributed by atoms with E-state index in [2.05, 4.69) is 4.98 Å². The van der Waals surface area contributed by atoms with Crippen molar-refractivity contribution < 1.29 is 18.7 Å². The van der Waals surface area contributed by atoms with E-state index in [9.17, 15) is 13.6 Å². The number of halogens is 2. The summed E-state index contributed by atoms with van der Waals surface area (Å²) in [7, 11) is 0. The van der Waals surface area contributed by atoms with Gasteiger partial charge in [0.15, 0.2) is 11.6 Å². The lowest BCUT2D eigenvalue weighted by Crippen LogP contribution is -2.06. The second kappa shape index (κ2) is 6.62. The highest BCUT2D eigenvalue weighted by atomic mass is 19.2. The molecule has 0 aliphatic heterocycles. The van der Waals surface area contributed by atoms with Crippen molar-refractivity contribution in [1.82, 2.24) is 9.55 Å². The number of benzene rings is 2. The molecule has 1 aromatic heterocycles. The highest BCUT2D eigenvalue weighted by Crippen LogP contribution is 2.14. The fourth-order valence-electron chi connectivity index (χ4n) is 2.43. The smallest absolute Gasteiger partial charge is 0.335 e. The van der Waals surface area contributed by atoms with Crippen molar-refractivity contribution in [1.29, 1.82) is 0 Å². The van der Waals surface area contributed by atoms with Crippen molar-refractivity contribution in [2.45, 2.75) is 13.0 Å². The Morgan fingerprint density at radius 1 is 1.04 bits per heavy atom. The van der Waals surface area contributed by atoms with Gasteiger partial charge in [-0.25, -0.2) is 18.6 Å². The van der Waals surface area contributed by atoms with Crippen LogP contribution < -0.4 is 0 Å². The SMILES string of the molecule is O=C(O)c1ccc(Cn2ccnc2Cc2ccc(F)c(F)c2)cc1. The molecule has 6 heteroatoms. The zero-order chi connectivity index (χ0) is 17.1. The monoisotopic (exact) mass is 328 g/mol. The molecule has 3 rings (SSSR count). The molecular formula is C18H14F2N2O2. The summed E-state index contributed by atoms with van der Waals surface area (Å²) in [4.78, 5) is 15.1. The van der Waals surface area contributed by atoms with Gasteiger partial charge < -0.3 is 9.67 Å². The second-order valence-corrected chi connectivity index (χ2v) is 5.40. The molecule has 0 fully saturated rings. The number of carboxylic acids is 1. The molecule has 0 bridgehead atoms. The maximum Gasteiger partial charge on any atom is 0.335 e. The molecule has 0 aliphatic rings. The topological polar surface area (TPSA) is 55.1 Å². The standard InChI is InChI=1S/C18H14F2N2O2/c19-15-6-3-13(9-16(15)20)10-17-21-7-8-22(17)11-12-1-4-14(5-2-12)18(23)24/h1-9H,10-11H2,(H,23,24). The normalized spacial score (nSPS) is 10.8. The van der Waals surface area contributed by atoms with Crippen LogP contribution in [0, 0.1) is 11.6 Å². The highest BCUT2D eigenvalue weighted by Gasteiger charge is 2.08. The van der Waals surface area contributed by atoms with E-state index < -0.39 is 17.6 Å². The molecule has 0 spiro atoms. The van der Waals surface area contributed by atoms with Crippen LogP contribution in [0.2, 0.25) is 0 Å². The van der Waals surface area contributed by atoms with Crippen molar-refractivity contribution >= 4 is 5.97 Å². The minimum absolute atomic E-state index is 0.228. The van der Waals surface area contributed by atoms with Gasteiger partial charge in [-0.05, 0) is 35.4 Å². The van der Waals surface area contributed by atoms with Crippen LogP contribution in [0.5, 0.6) is 0 Å². The third-order valence-electron chi connectivity index (χ3n) is 3.70. The summed E-state index contributed by atoms with van der Waals surface area (Å²) in [6.45, 7) is 0.513. The van der Waals surface area contributed by atoms with Crippen molar-refractivity contribution in [3.05, 3.63) is 89.0 Å². The lowest BCUT2D eigenvalue weighted by molar-refractivity contribution is 0.0697. The van der Waals surface area contributed by atoms with E-state index in [0.29, 0.717) is 24.4 Å². The first-order valence-corrected chi connectivity index (χ1v) is 7.29. The number of hydrogen-bond acceptors (Lipinski definition) is 2. The van der Waals surface area contributed by atoms with Crippen LogP contribution in [-0.2, 0) is 13.0 Å². The van der Waals surface area contributed by atoms with Crippen LogP contribution >= 0.6 is 0 Å². The average Bonchev–Trinajstić information content (AvgIpc) is 2.98. The van der Waals surface area contributed by atoms with Gasteiger partial charge in [-0.3, -0.25) is 0 Å². The summed E-state index contributed by atoms with van der Waals surface area (Å²) in [5, 5.41) is 8.91. The van der Waals surface area contributed by atoms with E-state index in [0.717, 1.165) is 17.7 Å². The van der Waals surface area contributed by atoms with E-state index in [1.165, 1.54) is 6.07 Å². The molecule has 0 atom stereocenters. The molecule has 0 radical (unpaired) electrons. The van der Waals surface area contributed by atoms with E-state index in [-0.39, 0.29) is 5.56 Å². The van der Waals surface area contributed by atoms with Gasteiger partial charge in [0, 0.05) is 25.4 Å². The Morgan fingerprint density at radius 3 is 2.42 bits per heavy atom. The number of carboxylic acid groups (broad SMARTS) is 1. The molecule has 0 aliphatic carbocycles. The lowest BCUT2D eigenvalue weighted by atomic mass is 10.1. The van der Waals surface area contributed by atoms with Crippen LogP contribution in [0.3, 0.4) is 0 Å². The van der Waals surface area contributed by atoms with E-state index in [1.54, 1.807) is 36.7 Å². The Kier molecular flexibility index (Phi) is 4.37. The zero-order valence-corrected chi connectivity index (χ0v) is 12.6. The predicted molar refractivity (Wildman–Crippen MR) is 83.9 cm³/mol. The summed E-state index contributed by atoms with van der Waals surface area (Å²) in [5.74, 6) is -2.01. The number of aromatic carboxylic acids is 1. The first-order chi connectivity index (χ1) is 11.5. The molecular weight excluding hydrogens is 314 g/mol. The minimum atomic E-state index is -0.969. The van der Waals surface area contributed by atoms with E-state index in [4.69, 9.17) is 5.11 Å². The Morgan fingerprint density at radius 2 is 1.75 bits per heavy atom. The quantitative estimate of drug-likeness (QED) is 0.780. The fraction of sp³-hybridized carbons (Fsp3) is 0.111. The van der Waals surface area contributed by atoms with Gasteiger partial charge >= 0.3 is 5.97 Å². The maximum atomic E-state index is 13.3. The molecule has 0 saturated carbocycles. The summed E-state index contributed by atoms with van der Waals surface area (Å²) >= 11 is 0. The molecule has 0 unspecified atom stereocenters. The first-order valence-electron chi connectivity index (χ1n) is 7.29. The van der Waals surface area contributed by atoms with Crippen molar-refractivity contribution in [2.75, 3.05) is 0 Å². The summed E-state index contributed by atoms with van der Waals surface area (Å²) < 4.78 is 28.2.